The minimum atomic E-state index is -0.322. The molecular weight excluding hydrogens is 268 g/mol. The van der Waals surface area contributed by atoms with E-state index in [-0.39, 0.29) is 5.97 Å². The molecule has 4 heteroatoms. The summed E-state index contributed by atoms with van der Waals surface area (Å²) in [5.74, 6) is 0.654. The van der Waals surface area contributed by atoms with E-state index in [2.05, 4.69) is 12.2 Å². The fourth-order valence-electron chi connectivity index (χ4n) is 2.28. The van der Waals surface area contributed by atoms with E-state index in [1.165, 1.54) is 0 Å². The summed E-state index contributed by atoms with van der Waals surface area (Å²) in [5, 5.41) is 0. The van der Waals surface area contributed by atoms with Crippen molar-refractivity contribution in [2.24, 2.45) is 5.92 Å². The average molecular weight is 290 g/mol. The molecule has 0 spiro atoms. The molecule has 0 N–H and O–H groups in total. The number of carbonyl (C=O) groups excluding carboxylic acids is 1. The van der Waals surface area contributed by atoms with Crippen molar-refractivity contribution in [3.63, 3.8) is 0 Å². The van der Waals surface area contributed by atoms with Gasteiger partial charge in [-0.15, -0.1) is 0 Å². The monoisotopic (exact) mass is 290 g/mol. The van der Waals surface area contributed by atoms with Gasteiger partial charge < -0.3 is 14.2 Å². The molecule has 0 amide bonds. The van der Waals surface area contributed by atoms with Gasteiger partial charge in [-0.1, -0.05) is 24.3 Å². The molecule has 1 aromatic carbocycles. The first-order valence-electron chi connectivity index (χ1n) is 7.34. The zero-order valence-electron chi connectivity index (χ0n) is 12.4. The third-order valence-corrected chi connectivity index (χ3v) is 3.48. The molecule has 1 unspecified atom stereocenters. The van der Waals surface area contributed by atoms with E-state index in [4.69, 9.17) is 14.2 Å². The van der Waals surface area contributed by atoms with Crippen LogP contribution in [-0.4, -0.2) is 32.9 Å². The number of methoxy groups -OCH3 is 1. The summed E-state index contributed by atoms with van der Waals surface area (Å²) in [6.45, 7) is 1.36. The van der Waals surface area contributed by atoms with Gasteiger partial charge in [-0.25, -0.2) is 4.79 Å². The molecule has 0 aromatic heterocycles. The lowest BCUT2D eigenvalue weighted by molar-refractivity contribution is 0.0426. The molecule has 1 atom stereocenters. The van der Waals surface area contributed by atoms with E-state index >= 15 is 0 Å². The summed E-state index contributed by atoms with van der Waals surface area (Å²) in [4.78, 5) is 12.2. The second kappa shape index (κ2) is 8.47. The summed E-state index contributed by atoms with van der Waals surface area (Å²) in [6, 6.07) is 7.15. The van der Waals surface area contributed by atoms with Gasteiger partial charge in [0.1, 0.15) is 17.9 Å². The predicted octanol–water partition coefficient (Wildman–Crippen LogP) is 3.22. The lowest BCUT2D eigenvalue weighted by Gasteiger charge is -2.18. The quantitative estimate of drug-likeness (QED) is 0.439. The molecule has 21 heavy (non-hydrogen) atoms. The third-order valence-electron chi connectivity index (χ3n) is 3.48. The number of benzene rings is 1. The lowest BCUT2D eigenvalue weighted by Crippen LogP contribution is -2.16. The SMILES string of the molecule is COCCOc1ccccc1C(=O)OCC1CC=CCC1. The first-order chi connectivity index (χ1) is 10.3. The maximum absolute atomic E-state index is 12.2. The number of allylic oxidation sites excluding steroid dienone is 2. The van der Waals surface area contributed by atoms with Gasteiger partial charge in [0.25, 0.3) is 0 Å². The van der Waals surface area contributed by atoms with Crippen molar-refractivity contribution >= 4 is 5.97 Å². The summed E-state index contributed by atoms with van der Waals surface area (Å²) < 4.78 is 15.9. The van der Waals surface area contributed by atoms with Crippen molar-refractivity contribution < 1.29 is 19.0 Å². The van der Waals surface area contributed by atoms with Crippen LogP contribution in [0.15, 0.2) is 36.4 Å². The number of para-hydroxylation sites is 1. The molecule has 2 rings (SSSR count). The first kappa shape index (κ1) is 15.6. The molecule has 1 aromatic rings. The Balaban J connectivity index is 1.90. The highest BCUT2D eigenvalue weighted by molar-refractivity contribution is 5.92. The number of ether oxygens (including phenoxy) is 3. The Labute approximate surface area is 125 Å². The molecule has 0 fully saturated rings. The molecule has 0 bridgehead atoms. The van der Waals surface area contributed by atoms with E-state index in [0.717, 1.165) is 19.3 Å². The Morgan fingerprint density at radius 1 is 1.24 bits per heavy atom. The van der Waals surface area contributed by atoms with Gasteiger partial charge >= 0.3 is 5.97 Å². The molecular formula is C17H22O4. The van der Waals surface area contributed by atoms with Crippen LogP contribution in [-0.2, 0) is 9.47 Å². The highest BCUT2D eigenvalue weighted by Gasteiger charge is 2.17. The van der Waals surface area contributed by atoms with Crippen LogP contribution < -0.4 is 4.74 Å². The fourth-order valence-corrected chi connectivity index (χ4v) is 2.28. The summed E-state index contributed by atoms with van der Waals surface area (Å²) in [5.41, 5.74) is 0.472. The molecule has 0 saturated heterocycles. The van der Waals surface area contributed by atoms with Crippen molar-refractivity contribution in [2.45, 2.75) is 19.3 Å². The van der Waals surface area contributed by atoms with Crippen LogP contribution in [0.25, 0.3) is 0 Å². The van der Waals surface area contributed by atoms with Gasteiger partial charge in [-0.3, -0.25) is 0 Å². The van der Waals surface area contributed by atoms with Crippen LogP contribution in [0.1, 0.15) is 29.6 Å². The highest BCUT2D eigenvalue weighted by atomic mass is 16.5. The van der Waals surface area contributed by atoms with E-state index in [9.17, 15) is 4.79 Å². The van der Waals surface area contributed by atoms with E-state index < -0.39 is 0 Å². The lowest BCUT2D eigenvalue weighted by atomic mass is 9.95. The van der Waals surface area contributed by atoms with Crippen LogP contribution in [0.4, 0.5) is 0 Å². The van der Waals surface area contributed by atoms with Crippen LogP contribution in [0, 0.1) is 5.92 Å². The standard InChI is InChI=1S/C17H22O4/c1-19-11-12-20-16-10-6-5-9-15(16)17(18)21-13-14-7-3-2-4-8-14/h2-3,5-6,9-10,14H,4,7-8,11-13H2,1H3. The Bertz CT molecular complexity index is 481. The topological polar surface area (TPSA) is 44.8 Å². The minimum Gasteiger partial charge on any atom is -0.490 e. The maximum Gasteiger partial charge on any atom is 0.341 e. The average Bonchev–Trinajstić information content (AvgIpc) is 2.54. The van der Waals surface area contributed by atoms with Crippen molar-refractivity contribution in [3.8, 4) is 5.75 Å². The normalized spacial score (nSPS) is 17.5. The Morgan fingerprint density at radius 3 is 2.86 bits per heavy atom. The van der Waals surface area contributed by atoms with E-state index in [0.29, 0.717) is 37.1 Å². The second-order valence-corrected chi connectivity index (χ2v) is 5.09. The van der Waals surface area contributed by atoms with Gasteiger partial charge in [-0.05, 0) is 37.3 Å². The molecule has 1 aliphatic carbocycles. The fraction of sp³-hybridized carbons (Fsp3) is 0.471. The van der Waals surface area contributed by atoms with Gasteiger partial charge in [-0.2, -0.15) is 0 Å². The minimum absolute atomic E-state index is 0.322. The van der Waals surface area contributed by atoms with Crippen molar-refractivity contribution in [2.75, 3.05) is 26.9 Å². The van der Waals surface area contributed by atoms with Gasteiger partial charge in [0.2, 0.25) is 0 Å². The van der Waals surface area contributed by atoms with Crippen LogP contribution >= 0.6 is 0 Å². The maximum atomic E-state index is 12.2. The molecule has 0 radical (unpaired) electrons. The zero-order chi connectivity index (χ0) is 14.9. The number of rotatable bonds is 7. The molecule has 0 aliphatic heterocycles. The van der Waals surface area contributed by atoms with Crippen molar-refractivity contribution in [1.29, 1.82) is 0 Å². The largest absolute Gasteiger partial charge is 0.490 e. The highest BCUT2D eigenvalue weighted by Crippen LogP contribution is 2.22. The number of esters is 1. The van der Waals surface area contributed by atoms with Crippen molar-refractivity contribution in [1.82, 2.24) is 0 Å². The van der Waals surface area contributed by atoms with E-state index in [1.54, 1.807) is 19.2 Å². The number of hydrogen-bond acceptors (Lipinski definition) is 4. The van der Waals surface area contributed by atoms with Crippen LogP contribution in [0.5, 0.6) is 5.75 Å². The molecule has 0 heterocycles. The Morgan fingerprint density at radius 2 is 2.10 bits per heavy atom. The smallest absolute Gasteiger partial charge is 0.341 e. The van der Waals surface area contributed by atoms with Crippen molar-refractivity contribution in [3.05, 3.63) is 42.0 Å². The van der Waals surface area contributed by atoms with Crippen LogP contribution in [0.3, 0.4) is 0 Å². The number of hydrogen-bond donors (Lipinski definition) is 0. The van der Waals surface area contributed by atoms with Gasteiger partial charge in [0.05, 0.1) is 13.2 Å². The predicted molar refractivity (Wildman–Crippen MR) is 80.6 cm³/mol. The molecule has 4 nitrogen and oxygen atoms in total. The van der Waals surface area contributed by atoms with Gasteiger partial charge in [0.15, 0.2) is 0 Å². The molecule has 1 aliphatic rings. The Hall–Kier alpha value is -1.81. The first-order valence-corrected chi connectivity index (χ1v) is 7.34. The molecule has 0 saturated carbocycles. The Kier molecular flexibility index (Phi) is 6.28. The zero-order valence-corrected chi connectivity index (χ0v) is 12.4. The third kappa shape index (κ3) is 4.90. The summed E-state index contributed by atoms with van der Waals surface area (Å²) >= 11 is 0. The van der Waals surface area contributed by atoms with Crippen LogP contribution in [0.2, 0.25) is 0 Å². The summed E-state index contributed by atoms with van der Waals surface area (Å²) in [6.07, 6.45) is 7.47. The molecule has 114 valence electrons. The second-order valence-electron chi connectivity index (χ2n) is 5.09. The van der Waals surface area contributed by atoms with E-state index in [1.807, 2.05) is 12.1 Å². The number of carbonyl (C=O) groups is 1. The summed E-state index contributed by atoms with van der Waals surface area (Å²) in [7, 11) is 1.61. The van der Waals surface area contributed by atoms with Gasteiger partial charge in [0, 0.05) is 7.11 Å².